The van der Waals surface area contributed by atoms with E-state index in [4.69, 9.17) is 9.68 Å². The number of Topliss-reactive ketones (excluding diaryl/α,β-unsaturated/α-hetero) is 1. The lowest BCUT2D eigenvalue weighted by atomic mass is 9.79. The second-order valence-corrected chi connectivity index (χ2v) is 8.62. The lowest BCUT2D eigenvalue weighted by Crippen LogP contribution is -2.56. The predicted octanol–water partition coefficient (Wildman–Crippen LogP) is 2.84. The summed E-state index contributed by atoms with van der Waals surface area (Å²) in [6.45, 7) is 7.75. The van der Waals surface area contributed by atoms with E-state index in [0.29, 0.717) is 38.5 Å². The molecule has 1 unspecified atom stereocenters. The van der Waals surface area contributed by atoms with Gasteiger partial charge < -0.3 is 4.84 Å². The number of hydrogen-bond acceptors (Lipinski definition) is 5. The molecule has 6 nitrogen and oxygen atoms in total. The second-order valence-electron chi connectivity index (χ2n) is 8.62. The van der Waals surface area contributed by atoms with Gasteiger partial charge in [-0.1, -0.05) is 17.7 Å². The van der Waals surface area contributed by atoms with Gasteiger partial charge >= 0.3 is 0 Å². The molecule has 1 aromatic carbocycles. The number of hydrogen-bond donors (Lipinski definition) is 0. The van der Waals surface area contributed by atoms with Crippen LogP contribution in [-0.4, -0.2) is 54.2 Å². The van der Waals surface area contributed by atoms with Crippen LogP contribution in [0.3, 0.4) is 0 Å². The van der Waals surface area contributed by atoms with Crippen LogP contribution in [-0.2, 0) is 19.3 Å². The molecular weight excluding hydrogens is 356 g/mol. The van der Waals surface area contributed by atoms with Gasteiger partial charge in [0.15, 0.2) is 5.78 Å². The summed E-state index contributed by atoms with van der Waals surface area (Å²) in [6, 6.07) is 4.10. The first-order valence-electron chi connectivity index (χ1n) is 10.3. The van der Waals surface area contributed by atoms with E-state index in [-0.39, 0.29) is 11.7 Å². The molecule has 0 bridgehead atoms. The number of ketones is 1. The Morgan fingerprint density at radius 1 is 1.07 bits per heavy atom. The maximum absolute atomic E-state index is 13.7. The van der Waals surface area contributed by atoms with Crippen molar-refractivity contribution in [3.05, 3.63) is 34.4 Å². The lowest BCUT2D eigenvalue weighted by Gasteiger charge is -2.41. The predicted molar refractivity (Wildman–Crippen MR) is 104 cm³/mol. The third kappa shape index (κ3) is 3.17. The highest BCUT2D eigenvalue weighted by Gasteiger charge is 2.61. The maximum Gasteiger partial charge on any atom is 0.262 e. The van der Waals surface area contributed by atoms with Crippen molar-refractivity contribution in [2.45, 2.75) is 57.9 Å². The highest BCUT2D eigenvalue weighted by molar-refractivity contribution is 6.17. The fourth-order valence-electron chi connectivity index (χ4n) is 4.85. The molecule has 1 spiro atoms. The smallest absolute Gasteiger partial charge is 0.262 e. The first-order valence-corrected chi connectivity index (χ1v) is 10.3. The number of piperidine rings is 1. The van der Waals surface area contributed by atoms with E-state index < -0.39 is 11.5 Å². The summed E-state index contributed by atoms with van der Waals surface area (Å²) in [7, 11) is 1.64. The summed E-state index contributed by atoms with van der Waals surface area (Å²) < 4.78 is 0. The van der Waals surface area contributed by atoms with Gasteiger partial charge in [0.1, 0.15) is 11.5 Å². The lowest BCUT2D eigenvalue weighted by molar-refractivity contribution is -0.231. The molecule has 2 saturated heterocycles. The summed E-state index contributed by atoms with van der Waals surface area (Å²) in [5, 5.41) is 3.31. The molecule has 1 aliphatic carbocycles. The fraction of sp³-hybridized carbons (Fsp3) is 0.636. The minimum absolute atomic E-state index is 0.0147. The second kappa shape index (κ2) is 7.25. The number of carbonyl (C=O) groups excluding carboxylic acids is 2. The van der Waals surface area contributed by atoms with E-state index in [1.165, 1.54) is 5.06 Å². The van der Waals surface area contributed by atoms with Gasteiger partial charge in [-0.2, -0.15) is 5.06 Å². The van der Waals surface area contributed by atoms with Gasteiger partial charge in [0, 0.05) is 13.1 Å². The Bertz CT molecular complexity index is 771. The Hall–Kier alpha value is -1.76. The van der Waals surface area contributed by atoms with Crippen molar-refractivity contribution in [2.24, 2.45) is 5.92 Å². The van der Waals surface area contributed by atoms with Crippen LogP contribution in [0.1, 0.15) is 53.9 Å². The molecule has 2 aliphatic heterocycles. The Morgan fingerprint density at radius 2 is 1.68 bits per heavy atom. The normalized spacial score (nSPS) is 25.1. The summed E-state index contributed by atoms with van der Waals surface area (Å²) in [6.07, 6.45) is 3.35. The van der Waals surface area contributed by atoms with Crippen LogP contribution in [0.4, 0.5) is 0 Å². The van der Waals surface area contributed by atoms with Crippen molar-refractivity contribution >= 4 is 11.7 Å². The molecule has 1 saturated carbocycles. The standard InChI is InChI=1S/C22H30N2O4/c1-14-11-15(2)18(16(3)12-14)19-20(25)22(7-9-23(27-4)10-8-22)24(21(19)26)28-13-17-5-6-17/h11-12,17,19H,5-10,13H2,1-4H3. The average Bonchev–Trinajstić information content (AvgIpc) is 3.46. The molecule has 4 rings (SSSR count). The molecule has 1 aromatic rings. The number of benzene rings is 1. The van der Waals surface area contributed by atoms with Crippen LogP contribution in [0.2, 0.25) is 0 Å². The molecule has 3 aliphatic rings. The number of rotatable bonds is 5. The zero-order valence-electron chi connectivity index (χ0n) is 17.3. The molecule has 152 valence electrons. The molecule has 0 N–H and O–H groups in total. The Labute approximate surface area is 166 Å². The Balaban J connectivity index is 1.71. The SMILES string of the molecule is CON1CCC2(CC1)C(=O)C(c1c(C)cc(C)cc1C)C(=O)N2OCC1CC1. The zero-order chi connectivity index (χ0) is 20.1. The molecule has 6 heteroatoms. The van der Waals surface area contributed by atoms with Crippen LogP contribution < -0.4 is 0 Å². The van der Waals surface area contributed by atoms with E-state index in [0.717, 1.165) is 35.1 Å². The number of nitrogens with zero attached hydrogens (tertiary/aromatic N) is 2. The first-order chi connectivity index (χ1) is 13.4. The van der Waals surface area contributed by atoms with Crippen molar-refractivity contribution in [3.63, 3.8) is 0 Å². The van der Waals surface area contributed by atoms with Crippen molar-refractivity contribution in [1.82, 2.24) is 10.1 Å². The quantitative estimate of drug-likeness (QED) is 0.729. The van der Waals surface area contributed by atoms with E-state index in [1.807, 2.05) is 25.8 Å². The van der Waals surface area contributed by atoms with Gasteiger partial charge in [0.2, 0.25) is 0 Å². The first kappa shape index (κ1) is 19.6. The Kier molecular flexibility index (Phi) is 5.06. The molecular formula is C22H30N2O4. The van der Waals surface area contributed by atoms with Gasteiger partial charge in [-0.25, -0.2) is 5.06 Å². The van der Waals surface area contributed by atoms with Crippen molar-refractivity contribution in [1.29, 1.82) is 0 Å². The molecule has 0 radical (unpaired) electrons. The van der Waals surface area contributed by atoms with Crippen LogP contribution in [0.25, 0.3) is 0 Å². The van der Waals surface area contributed by atoms with Crippen molar-refractivity contribution in [3.8, 4) is 0 Å². The molecule has 1 amide bonds. The van der Waals surface area contributed by atoms with Gasteiger partial charge in [-0.05, 0) is 69.1 Å². The number of aryl methyl sites for hydroxylation is 3. The third-order valence-electron chi connectivity index (χ3n) is 6.53. The van der Waals surface area contributed by atoms with E-state index in [2.05, 4.69) is 12.1 Å². The van der Waals surface area contributed by atoms with Crippen molar-refractivity contribution in [2.75, 3.05) is 26.8 Å². The van der Waals surface area contributed by atoms with Crippen LogP contribution >= 0.6 is 0 Å². The van der Waals surface area contributed by atoms with Gasteiger partial charge in [0.25, 0.3) is 5.91 Å². The third-order valence-corrected chi connectivity index (χ3v) is 6.53. The summed E-state index contributed by atoms with van der Waals surface area (Å²) in [5.74, 6) is -0.472. The number of carbonyl (C=O) groups is 2. The molecule has 28 heavy (non-hydrogen) atoms. The van der Waals surface area contributed by atoms with E-state index >= 15 is 0 Å². The van der Waals surface area contributed by atoms with Crippen LogP contribution in [0.5, 0.6) is 0 Å². The van der Waals surface area contributed by atoms with Crippen LogP contribution in [0.15, 0.2) is 12.1 Å². The molecule has 2 heterocycles. The molecule has 1 atom stereocenters. The topological polar surface area (TPSA) is 59.1 Å². The number of amides is 1. The molecule has 0 aromatic heterocycles. The van der Waals surface area contributed by atoms with Crippen LogP contribution in [0, 0.1) is 26.7 Å². The van der Waals surface area contributed by atoms with Gasteiger partial charge in [-0.3, -0.25) is 14.4 Å². The highest BCUT2D eigenvalue weighted by Crippen LogP contribution is 2.45. The summed E-state index contributed by atoms with van der Waals surface area (Å²) in [4.78, 5) is 38.6. The minimum atomic E-state index is -0.880. The Morgan fingerprint density at radius 3 is 2.21 bits per heavy atom. The zero-order valence-corrected chi connectivity index (χ0v) is 17.3. The largest absolute Gasteiger partial charge is 0.302 e. The highest BCUT2D eigenvalue weighted by atomic mass is 16.7. The molecule has 3 fully saturated rings. The summed E-state index contributed by atoms with van der Waals surface area (Å²) in [5.41, 5.74) is 3.11. The van der Waals surface area contributed by atoms with Gasteiger partial charge in [0.05, 0.1) is 13.7 Å². The van der Waals surface area contributed by atoms with Gasteiger partial charge in [-0.15, -0.1) is 0 Å². The maximum atomic E-state index is 13.7. The minimum Gasteiger partial charge on any atom is -0.302 e. The monoisotopic (exact) mass is 386 g/mol. The van der Waals surface area contributed by atoms with E-state index in [1.54, 1.807) is 7.11 Å². The average molecular weight is 386 g/mol. The summed E-state index contributed by atoms with van der Waals surface area (Å²) >= 11 is 0. The number of hydroxylamine groups is 4. The fourth-order valence-corrected chi connectivity index (χ4v) is 4.85. The van der Waals surface area contributed by atoms with E-state index in [9.17, 15) is 9.59 Å². The van der Waals surface area contributed by atoms with Crippen molar-refractivity contribution < 1.29 is 19.3 Å².